The minimum Gasteiger partial charge on any atom is -0.292 e. The molecule has 11 aromatic rings. The molecule has 2 aromatic heterocycles. The number of nitrogens with zero attached hydrogens (tertiary/aromatic N) is 2. The molecule has 0 radical (unpaired) electrons. The molecule has 2 nitrogen and oxygen atoms in total. The standard InChI is InChI=1S/C50H32N2/c1-2-3-12-38-41-14-8-10-31-11-9-15-42(49(31)41)39-25-23-36(29-44(38)39)34-21-19-33-28-35(22-20-32(33)27-34)37-24-26-43-45(30-37)40-13-4-6-17-47(40)52-48-18-7-5-16-46(48)51-50(43)52/h2-30H,1H3/b3-2-,38-12-. The summed E-state index contributed by atoms with van der Waals surface area (Å²) >= 11 is 0. The number of allylic oxidation sites excluding steroid dienone is 2. The Kier molecular flexibility index (Phi) is 6.20. The highest BCUT2D eigenvalue weighted by atomic mass is 15.0. The second-order valence-electron chi connectivity index (χ2n) is 13.9. The van der Waals surface area contributed by atoms with Crippen molar-refractivity contribution in [3.8, 4) is 22.3 Å². The lowest BCUT2D eigenvalue weighted by Crippen LogP contribution is -2.05. The predicted molar refractivity (Wildman–Crippen MR) is 223 cm³/mol. The van der Waals surface area contributed by atoms with Crippen molar-refractivity contribution >= 4 is 87.5 Å². The lowest BCUT2D eigenvalue weighted by atomic mass is 9.90. The van der Waals surface area contributed by atoms with Gasteiger partial charge in [-0.2, -0.15) is 0 Å². The zero-order valence-electron chi connectivity index (χ0n) is 28.6. The molecule has 242 valence electrons. The molecule has 2 heteroatoms. The van der Waals surface area contributed by atoms with E-state index in [0.29, 0.717) is 0 Å². The van der Waals surface area contributed by atoms with Gasteiger partial charge in [0.2, 0.25) is 0 Å². The van der Waals surface area contributed by atoms with Gasteiger partial charge < -0.3 is 0 Å². The van der Waals surface area contributed by atoms with Crippen LogP contribution >= 0.6 is 0 Å². The average molecular weight is 661 g/mol. The molecule has 0 unspecified atom stereocenters. The lowest BCUT2D eigenvalue weighted by molar-refractivity contribution is 1.31. The molecule has 0 bridgehead atoms. The van der Waals surface area contributed by atoms with Crippen molar-refractivity contribution in [1.82, 2.24) is 9.38 Å². The van der Waals surface area contributed by atoms with Crippen LogP contribution in [-0.4, -0.2) is 9.38 Å². The number of hydrogen-bond acceptors (Lipinski definition) is 1. The van der Waals surface area contributed by atoms with Gasteiger partial charge >= 0.3 is 0 Å². The summed E-state index contributed by atoms with van der Waals surface area (Å²) in [6, 6.07) is 58.0. The Morgan fingerprint density at radius 3 is 1.83 bits per heavy atom. The molecule has 0 atom stereocenters. The topological polar surface area (TPSA) is 17.3 Å². The van der Waals surface area contributed by atoms with Gasteiger partial charge in [-0.05, 0) is 131 Å². The van der Waals surface area contributed by atoms with E-state index in [2.05, 4.69) is 187 Å². The number of aromatic nitrogens is 2. The number of para-hydroxylation sites is 3. The van der Waals surface area contributed by atoms with Crippen LogP contribution in [0.2, 0.25) is 0 Å². The van der Waals surface area contributed by atoms with E-state index in [1.54, 1.807) is 0 Å². The van der Waals surface area contributed by atoms with Crippen molar-refractivity contribution in [2.45, 2.75) is 6.92 Å². The van der Waals surface area contributed by atoms with Gasteiger partial charge in [0.05, 0.1) is 16.6 Å². The van der Waals surface area contributed by atoms with Gasteiger partial charge in [0.1, 0.15) is 5.65 Å². The molecule has 9 aromatic carbocycles. The van der Waals surface area contributed by atoms with Gasteiger partial charge in [-0.1, -0.05) is 127 Å². The third-order valence-electron chi connectivity index (χ3n) is 11.0. The number of benzene rings is 9. The number of imidazole rings is 1. The van der Waals surface area contributed by atoms with Crippen molar-refractivity contribution in [2.24, 2.45) is 0 Å². The Balaban J connectivity index is 1.04. The molecule has 11 rings (SSSR count). The van der Waals surface area contributed by atoms with Crippen LogP contribution in [0.15, 0.2) is 170 Å². The Labute approximate surface area is 300 Å². The zero-order chi connectivity index (χ0) is 34.3. The molecule has 0 fully saturated rings. The van der Waals surface area contributed by atoms with Crippen molar-refractivity contribution < 1.29 is 0 Å². The Bertz CT molecular complexity index is 3360. The van der Waals surface area contributed by atoms with Crippen LogP contribution in [0.3, 0.4) is 0 Å². The normalized spacial score (nSPS) is 12.8. The van der Waals surface area contributed by atoms with Crippen molar-refractivity contribution in [2.75, 3.05) is 0 Å². The fourth-order valence-corrected chi connectivity index (χ4v) is 8.58. The minimum atomic E-state index is 1.00. The van der Waals surface area contributed by atoms with Gasteiger partial charge in [0.15, 0.2) is 0 Å². The van der Waals surface area contributed by atoms with Crippen LogP contribution in [0.1, 0.15) is 6.92 Å². The smallest absolute Gasteiger partial charge is 0.146 e. The number of pyridine rings is 1. The summed E-state index contributed by atoms with van der Waals surface area (Å²) in [5.41, 5.74) is 9.19. The summed E-state index contributed by atoms with van der Waals surface area (Å²) in [6.07, 6.45) is 6.53. The molecule has 2 heterocycles. The van der Waals surface area contributed by atoms with Crippen LogP contribution in [0.5, 0.6) is 0 Å². The van der Waals surface area contributed by atoms with Gasteiger partial charge in [-0.15, -0.1) is 0 Å². The summed E-state index contributed by atoms with van der Waals surface area (Å²) in [7, 11) is 0. The quantitative estimate of drug-likeness (QED) is 0.136. The summed E-state index contributed by atoms with van der Waals surface area (Å²) in [6.45, 7) is 2.08. The molecule has 0 aliphatic heterocycles. The molecular weight excluding hydrogens is 629 g/mol. The predicted octanol–water partition coefficient (Wildman–Crippen LogP) is 12.8. The van der Waals surface area contributed by atoms with Crippen LogP contribution in [0, 0.1) is 0 Å². The first-order chi connectivity index (χ1) is 25.7. The highest BCUT2D eigenvalue weighted by Crippen LogP contribution is 2.37. The maximum Gasteiger partial charge on any atom is 0.146 e. The van der Waals surface area contributed by atoms with Gasteiger partial charge in [0, 0.05) is 10.8 Å². The first kappa shape index (κ1) is 29.0. The van der Waals surface area contributed by atoms with Crippen LogP contribution in [0.25, 0.3) is 110 Å². The molecule has 0 saturated heterocycles. The zero-order valence-corrected chi connectivity index (χ0v) is 28.6. The summed E-state index contributed by atoms with van der Waals surface area (Å²) < 4.78 is 2.31. The fourth-order valence-electron chi connectivity index (χ4n) is 8.58. The maximum atomic E-state index is 5.09. The van der Waals surface area contributed by atoms with E-state index < -0.39 is 0 Å². The molecule has 52 heavy (non-hydrogen) atoms. The molecule has 0 N–H and O–H groups in total. The van der Waals surface area contributed by atoms with Crippen LogP contribution in [-0.2, 0) is 0 Å². The number of hydrogen-bond donors (Lipinski definition) is 0. The highest BCUT2D eigenvalue weighted by Gasteiger charge is 2.15. The Morgan fingerprint density at radius 1 is 0.442 bits per heavy atom. The maximum absolute atomic E-state index is 5.09. The number of rotatable bonds is 3. The van der Waals surface area contributed by atoms with Crippen LogP contribution in [0.4, 0.5) is 0 Å². The SMILES string of the molecule is C/C=C\C=c1/c2cc(-c3ccc4cc(-c5ccc6c(c5)c5ccccc5n5c7ccccc7nc65)ccc4c3)ccc2c2cccc3cccc1c32. The summed E-state index contributed by atoms with van der Waals surface area (Å²) in [4.78, 5) is 5.09. The molecule has 0 saturated carbocycles. The van der Waals surface area contributed by atoms with E-state index in [-0.39, 0.29) is 0 Å². The molecule has 0 amide bonds. The monoisotopic (exact) mass is 660 g/mol. The fraction of sp³-hybridized carbons (Fsp3) is 0.0200. The first-order valence-corrected chi connectivity index (χ1v) is 18.0. The minimum absolute atomic E-state index is 1.00. The van der Waals surface area contributed by atoms with Crippen molar-refractivity contribution in [1.29, 1.82) is 0 Å². The van der Waals surface area contributed by atoms with E-state index in [9.17, 15) is 0 Å². The second kappa shape index (κ2) is 11.1. The van der Waals surface area contributed by atoms with Crippen molar-refractivity contribution in [3.05, 3.63) is 175 Å². The van der Waals surface area contributed by atoms with Gasteiger partial charge in [-0.3, -0.25) is 4.40 Å². The Morgan fingerprint density at radius 2 is 1.06 bits per heavy atom. The van der Waals surface area contributed by atoms with Crippen molar-refractivity contribution in [3.63, 3.8) is 0 Å². The number of fused-ring (bicyclic) bond motifs is 11. The average Bonchev–Trinajstić information content (AvgIpc) is 3.60. The highest BCUT2D eigenvalue weighted by molar-refractivity contribution is 6.22. The third kappa shape index (κ3) is 4.22. The molecule has 0 aliphatic rings. The first-order valence-electron chi connectivity index (χ1n) is 18.0. The molecule has 0 spiro atoms. The Hall–Kier alpha value is -6.77. The van der Waals surface area contributed by atoms with Gasteiger partial charge in [0.25, 0.3) is 0 Å². The second-order valence-corrected chi connectivity index (χ2v) is 13.9. The molecule has 0 aliphatic carbocycles. The van der Waals surface area contributed by atoms with E-state index in [4.69, 9.17) is 4.98 Å². The van der Waals surface area contributed by atoms with Gasteiger partial charge in [-0.25, -0.2) is 4.98 Å². The molecular formula is C50H32N2. The van der Waals surface area contributed by atoms with E-state index >= 15 is 0 Å². The third-order valence-corrected chi connectivity index (χ3v) is 11.0. The lowest BCUT2D eigenvalue weighted by Gasteiger charge is -2.13. The largest absolute Gasteiger partial charge is 0.292 e. The van der Waals surface area contributed by atoms with E-state index in [1.807, 2.05) is 0 Å². The summed E-state index contributed by atoms with van der Waals surface area (Å²) in [5.74, 6) is 0. The van der Waals surface area contributed by atoms with E-state index in [0.717, 1.165) is 22.1 Å². The van der Waals surface area contributed by atoms with E-state index in [1.165, 1.54) is 86.9 Å². The van der Waals surface area contributed by atoms with Crippen LogP contribution < -0.4 is 5.22 Å². The summed E-state index contributed by atoms with van der Waals surface area (Å²) in [5, 5.41) is 15.2.